The maximum absolute atomic E-state index is 5.98. The summed E-state index contributed by atoms with van der Waals surface area (Å²) in [7, 11) is 0. The van der Waals surface area contributed by atoms with Crippen molar-refractivity contribution in [3.8, 4) is 0 Å². The molecule has 1 saturated heterocycles. The van der Waals surface area contributed by atoms with Crippen molar-refractivity contribution in [1.29, 1.82) is 0 Å². The Morgan fingerprint density at radius 1 is 1.56 bits per heavy atom. The lowest BCUT2D eigenvalue weighted by molar-refractivity contribution is 0.270. The zero-order valence-corrected chi connectivity index (χ0v) is 13.0. The minimum absolute atomic E-state index is 0. The fourth-order valence-electron chi connectivity index (χ4n) is 2.11. The molecule has 0 aromatic carbocycles. The smallest absolute Gasteiger partial charge is 0.191 e. The van der Waals surface area contributed by atoms with Gasteiger partial charge < -0.3 is 10.6 Å². The largest absolute Gasteiger partial charge is 0.370 e. The molecule has 1 aliphatic heterocycles. The fraction of sp³-hybridized carbons (Fsp3) is 0.727. The Hall–Kier alpha value is -0.860. The number of halogens is 1. The number of aliphatic imine (C=N–C) groups is 1. The van der Waals surface area contributed by atoms with Crippen LogP contribution in [0.25, 0.3) is 0 Å². The monoisotopic (exact) mass is 364 g/mol. The number of nitrogens with zero attached hydrogens (tertiary/aromatic N) is 5. The van der Waals surface area contributed by atoms with E-state index in [1.807, 2.05) is 0 Å². The third-order valence-electron chi connectivity index (χ3n) is 3.05. The number of guanidine groups is 1. The molecular formula is C11H21IN6. The predicted molar refractivity (Wildman–Crippen MR) is 81.9 cm³/mol. The van der Waals surface area contributed by atoms with Crippen LogP contribution < -0.4 is 5.73 Å². The van der Waals surface area contributed by atoms with Crippen molar-refractivity contribution in [2.24, 2.45) is 16.6 Å². The number of aromatic nitrogens is 3. The van der Waals surface area contributed by atoms with Crippen LogP contribution in [0.5, 0.6) is 0 Å². The average Bonchev–Trinajstić information content (AvgIpc) is 2.82. The second-order valence-corrected chi connectivity index (χ2v) is 4.59. The second-order valence-electron chi connectivity index (χ2n) is 4.59. The van der Waals surface area contributed by atoms with E-state index in [0.717, 1.165) is 19.6 Å². The van der Waals surface area contributed by atoms with Gasteiger partial charge in [-0.2, -0.15) is 5.10 Å². The minimum atomic E-state index is 0. The molecule has 0 saturated carbocycles. The van der Waals surface area contributed by atoms with Gasteiger partial charge in [0.1, 0.15) is 12.7 Å². The molecule has 2 rings (SSSR count). The van der Waals surface area contributed by atoms with E-state index >= 15 is 0 Å². The highest BCUT2D eigenvalue weighted by molar-refractivity contribution is 14.0. The van der Waals surface area contributed by atoms with Crippen LogP contribution in [0.2, 0.25) is 0 Å². The molecule has 6 nitrogen and oxygen atoms in total. The molecule has 0 amide bonds. The summed E-state index contributed by atoms with van der Waals surface area (Å²) in [5.74, 6) is 1.38. The van der Waals surface area contributed by atoms with Gasteiger partial charge >= 0.3 is 0 Å². The van der Waals surface area contributed by atoms with E-state index in [9.17, 15) is 0 Å². The topological polar surface area (TPSA) is 72.3 Å². The Balaban J connectivity index is 0.00000162. The van der Waals surface area contributed by atoms with Gasteiger partial charge in [-0.15, -0.1) is 24.0 Å². The van der Waals surface area contributed by atoms with Gasteiger partial charge in [0.05, 0.1) is 13.1 Å². The normalized spacial score (nSPS) is 20.6. The van der Waals surface area contributed by atoms with E-state index in [2.05, 4.69) is 26.9 Å². The molecule has 0 bridgehead atoms. The SMILES string of the molecule is CC1CCCN(C(N)=NCCn2cncn2)C1.I. The van der Waals surface area contributed by atoms with Gasteiger partial charge in [-0.05, 0) is 18.8 Å². The van der Waals surface area contributed by atoms with Gasteiger partial charge in [-0.25, -0.2) is 4.98 Å². The van der Waals surface area contributed by atoms with Gasteiger partial charge in [-0.1, -0.05) is 6.92 Å². The van der Waals surface area contributed by atoms with Crippen LogP contribution >= 0.6 is 24.0 Å². The maximum Gasteiger partial charge on any atom is 0.191 e. The van der Waals surface area contributed by atoms with Gasteiger partial charge in [-0.3, -0.25) is 9.67 Å². The first-order chi connectivity index (χ1) is 8.25. The molecule has 0 aliphatic carbocycles. The van der Waals surface area contributed by atoms with Gasteiger partial charge in [0.15, 0.2) is 5.96 Å². The summed E-state index contributed by atoms with van der Waals surface area (Å²) in [6.07, 6.45) is 5.72. The molecule has 102 valence electrons. The summed E-state index contributed by atoms with van der Waals surface area (Å²) in [5, 5.41) is 4.02. The van der Waals surface area contributed by atoms with E-state index in [-0.39, 0.29) is 24.0 Å². The number of hydrogen-bond donors (Lipinski definition) is 1. The minimum Gasteiger partial charge on any atom is -0.370 e. The summed E-state index contributed by atoms with van der Waals surface area (Å²) in [4.78, 5) is 10.4. The summed E-state index contributed by atoms with van der Waals surface area (Å²) >= 11 is 0. The Morgan fingerprint density at radius 3 is 3.06 bits per heavy atom. The Kier molecular flexibility index (Phi) is 6.37. The molecule has 1 fully saturated rings. The second kappa shape index (κ2) is 7.55. The van der Waals surface area contributed by atoms with Gasteiger partial charge in [0, 0.05) is 13.1 Å². The van der Waals surface area contributed by atoms with Crippen molar-refractivity contribution < 1.29 is 0 Å². The number of rotatable bonds is 3. The zero-order chi connectivity index (χ0) is 12.1. The fourth-order valence-corrected chi connectivity index (χ4v) is 2.11. The molecule has 1 aromatic rings. The molecule has 18 heavy (non-hydrogen) atoms. The van der Waals surface area contributed by atoms with E-state index in [4.69, 9.17) is 5.73 Å². The van der Waals surface area contributed by atoms with Gasteiger partial charge in [0.25, 0.3) is 0 Å². The summed E-state index contributed by atoms with van der Waals surface area (Å²) in [6, 6.07) is 0. The molecule has 7 heteroatoms. The van der Waals surface area contributed by atoms with Crippen LogP contribution in [-0.4, -0.2) is 45.3 Å². The molecule has 0 radical (unpaired) electrons. The maximum atomic E-state index is 5.98. The predicted octanol–water partition coefficient (Wildman–Crippen LogP) is 0.943. The lowest BCUT2D eigenvalue weighted by Crippen LogP contribution is -2.43. The number of likely N-dealkylation sites (tertiary alicyclic amines) is 1. The lowest BCUT2D eigenvalue weighted by atomic mass is 10.0. The first-order valence-corrected chi connectivity index (χ1v) is 6.13. The molecule has 1 aromatic heterocycles. The van der Waals surface area contributed by atoms with Crippen LogP contribution in [0, 0.1) is 5.92 Å². The van der Waals surface area contributed by atoms with Crippen molar-refractivity contribution in [2.75, 3.05) is 19.6 Å². The molecule has 0 spiro atoms. The summed E-state index contributed by atoms with van der Waals surface area (Å²) in [6.45, 7) is 5.70. The summed E-state index contributed by atoms with van der Waals surface area (Å²) in [5.41, 5.74) is 5.98. The van der Waals surface area contributed by atoms with Crippen molar-refractivity contribution in [3.63, 3.8) is 0 Å². The number of nitrogens with two attached hydrogens (primary N) is 1. The van der Waals surface area contributed by atoms with Crippen molar-refractivity contribution in [2.45, 2.75) is 26.3 Å². The molecule has 2 N–H and O–H groups in total. The summed E-state index contributed by atoms with van der Waals surface area (Å²) < 4.78 is 1.76. The van der Waals surface area contributed by atoms with Gasteiger partial charge in [0.2, 0.25) is 0 Å². The average molecular weight is 364 g/mol. The standard InChI is InChI=1S/C11H20N6.HI/c1-10-3-2-5-16(7-10)11(12)14-4-6-17-9-13-8-15-17;/h8-10H,2-7H2,1H3,(H2,12,14);1H. The van der Waals surface area contributed by atoms with Crippen molar-refractivity contribution in [3.05, 3.63) is 12.7 Å². The molecule has 1 atom stereocenters. The molecular weight excluding hydrogens is 343 g/mol. The van der Waals surface area contributed by atoms with Crippen LogP contribution in [0.3, 0.4) is 0 Å². The van der Waals surface area contributed by atoms with Crippen LogP contribution in [0.1, 0.15) is 19.8 Å². The van der Waals surface area contributed by atoms with Crippen molar-refractivity contribution >= 4 is 29.9 Å². The highest BCUT2D eigenvalue weighted by Gasteiger charge is 2.17. The molecule has 2 heterocycles. The highest BCUT2D eigenvalue weighted by atomic mass is 127. The van der Waals surface area contributed by atoms with E-state index in [1.165, 1.54) is 19.2 Å². The van der Waals surface area contributed by atoms with E-state index < -0.39 is 0 Å². The van der Waals surface area contributed by atoms with Crippen LogP contribution in [0.15, 0.2) is 17.6 Å². The number of hydrogen-bond acceptors (Lipinski definition) is 3. The Morgan fingerprint density at radius 2 is 2.39 bits per heavy atom. The Labute approximate surface area is 125 Å². The quantitative estimate of drug-likeness (QED) is 0.492. The third kappa shape index (κ3) is 4.43. The number of piperidine rings is 1. The van der Waals surface area contributed by atoms with E-state index in [1.54, 1.807) is 11.0 Å². The zero-order valence-electron chi connectivity index (χ0n) is 10.7. The van der Waals surface area contributed by atoms with Crippen molar-refractivity contribution in [1.82, 2.24) is 19.7 Å². The first kappa shape index (κ1) is 15.2. The third-order valence-corrected chi connectivity index (χ3v) is 3.05. The first-order valence-electron chi connectivity index (χ1n) is 6.13. The molecule has 1 unspecified atom stereocenters. The molecule has 1 aliphatic rings. The lowest BCUT2D eigenvalue weighted by Gasteiger charge is -2.31. The Bertz CT molecular complexity index is 364. The van der Waals surface area contributed by atoms with Crippen LogP contribution in [0.4, 0.5) is 0 Å². The van der Waals surface area contributed by atoms with E-state index in [0.29, 0.717) is 18.4 Å². The highest BCUT2D eigenvalue weighted by Crippen LogP contribution is 2.14. The van der Waals surface area contributed by atoms with Crippen LogP contribution in [-0.2, 0) is 6.54 Å².